The summed E-state index contributed by atoms with van der Waals surface area (Å²) < 4.78 is 1.85. The van der Waals surface area contributed by atoms with E-state index >= 15 is 0 Å². The molecule has 18 heavy (non-hydrogen) atoms. The van der Waals surface area contributed by atoms with Crippen molar-refractivity contribution in [3.8, 4) is 0 Å². The molecule has 2 aromatic rings. The Balaban J connectivity index is 1.96. The first-order valence-corrected chi connectivity index (χ1v) is 7.19. The molecule has 2 rings (SSSR count). The van der Waals surface area contributed by atoms with E-state index in [2.05, 4.69) is 27.7 Å². The van der Waals surface area contributed by atoms with Crippen LogP contribution in [0.1, 0.15) is 29.0 Å². The van der Waals surface area contributed by atoms with Crippen LogP contribution >= 0.6 is 22.9 Å². The molecule has 0 unspecified atom stereocenters. The summed E-state index contributed by atoms with van der Waals surface area (Å²) in [6, 6.07) is 0. The maximum Gasteiger partial charge on any atom is 0.107 e. The molecule has 0 aliphatic carbocycles. The highest BCUT2D eigenvalue weighted by Crippen LogP contribution is 2.20. The number of rotatable bonds is 5. The molecule has 0 atom stereocenters. The maximum atomic E-state index is 6.28. The third-order valence-electron chi connectivity index (χ3n) is 2.74. The highest BCUT2D eigenvalue weighted by atomic mass is 35.5. The van der Waals surface area contributed by atoms with Gasteiger partial charge in [-0.3, -0.25) is 4.68 Å². The number of nitrogens with zero attached hydrogens (tertiary/aromatic N) is 3. The molecule has 0 saturated carbocycles. The van der Waals surface area contributed by atoms with Crippen LogP contribution in [0.2, 0.25) is 5.02 Å². The van der Waals surface area contributed by atoms with Crippen LogP contribution in [0.4, 0.5) is 0 Å². The Labute approximate surface area is 116 Å². The molecule has 0 saturated heterocycles. The zero-order chi connectivity index (χ0) is 13.1. The van der Waals surface area contributed by atoms with Gasteiger partial charge in [0.25, 0.3) is 0 Å². The number of aromatic nitrogens is 3. The molecule has 0 aliphatic rings. The van der Waals surface area contributed by atoms with E-state index in [-0.39, 0.29) is 0 Å². The number of halogens is 1. The third kappa shape index (κ3) is 2.91. The van der Waals surface area contributed by atoms with Crippen LogP contribution in [0.15, 0.2) is 5.38 Å². The second-order valence-corrected chi connectivity index (χ2v) is 5.49. The number of hydrogen-bond donors (Lipinski definition) is 1. The predicted octanol–water partition coefficient (Wildman–Crippen LogP) is 2.69. The highest BCUT2D eigenvalue weighted by Gasteiger charge is 2.12. The van der Waals surface area contributed by atoms with Crippen molar-refractivity contribution in [1.29, 1.82) is 0 Å². The molecule has 2 aromatic heterocycles. The monoisotopic (exact) mass is 284 g/mol. The van der Waals surface area contributed by atoms with E-state index in [4.69, 9.17) is 11.6 Å². The summed E-state index contributed by atoms with van der Waals surface area (Å²) in [4.78, 5) is 4.41. The second-order valence-electron chi connectivity index (χ2n) is 4.17. The predicted molar refractivity (Wildman–Crippen MR) is 75.0 cm³/mol. The Morgan fingerprint density at radius 1 is 1.44 bits per heavy atom. The minimum absolute atomic E-state index is 0.709. The SMILES string of the molecule is CCc1nn(C)c(CNCc2nc(C)cs2)c1Cl. The third-order valence-corrected chi connectivity index (χ3v) is 4.14. The molecule has 2 heterocycles. The topological polar surface area (TPSA) is 42.7 Å². The van der Waals surface area contributed by atoms with Crippen molar-refractivity contribution >= 4 is 22.9 Å². The minimum atomic E-state index is 0.709. The van der Waals surface area contributed by atoms with Gasteiger partial charge in [-0.25, -0.2) is 4.98 Å². The fourth-order valence-corrected chi connectivity index (χ4v) is 2.89. The van der Waals surface area contributed by atoms with Crippen LogP contribution in [0.3, 0.4) is 0 Å². The molecule has 98 valence electrons. The summed E-state index contributed by atoms with van der Waals surface area (Å²) in [7, 11) is 1.93. The average molecular weight is 285 g/mol. The quantitative estimate of drug-likeness (QED) is 0.918. The van der Waals surface area contributed by atoms with Crippen molar-refractivity contribution in [2.24, 2.45) is 7.05 Å². The fraction of sp³-hybridized carbons (Fsp3) is 0.500. The molecule has 0 fully saturated rings. The van der Waals surface area contributed by atoms with E-state index in [1.54, 1.807) is 11.3 Å². The Morgan fingerprint density at radius 2 is 2.22 bits per heavy atom. The lowest BCUT2D eigenvalue weighted by Gasteiger charge is -2.04. The van der Waals surface area contributed by atoms with Crippen LogP contribution in [0.25, 0.3) is 0 Å². The van der Waals surface area contributed by atoms with Gasteiger partial charge in [-0.05, 0) is 13.3 Å². The van der Waals surface area contributed by atoms with Gasteiger partial charge in [0.2, 0.25) is 0 Å². The lowest BCUT2D eigenvalue weighted by molar-refractivity contribution is 0.622. The van der Waals surface area contributed by atoms with Crippen molar-refractivity contribution in [1.82, 2.24) is 20.1 Å². The maximum absolute atomic E-state index is 6.28. The van der Waals surface area contributed by atoms with Crippen molar-refractivity contribution < 1.29 is 0 Å². The van der Waals surface area contributed by atoms with Gasteiger partial charge in [-0.1, -0.05) is 18.5 Å². The number of thiazole rings is 1. The second kappa shape index (κ2) is 5.82. The van der Waals surface area contributed by atoms with Crippen LogP contribution in [-0.4, -0.2) is 14.8 Å². The molecule has 0 aliphatic heterocycles. The minimum Gasteiger partial charge on any atom is -0.305 e. The van der Waals surface area contributed by atoms with E-state index in [1.807, 2.05) is 18.7 Å². The number of aryl methyl sites for hydroxylation is 3. The van der Waals surface area contributed by atoms with E-state index in [9.17, 15) is 0 Å². The molecule has 0 bridgehead atoms. The first-order chi connectivity index (χ1) is 8.61. The molecule has 1 N–H and O–H groups in total. The summed E-state index contributed by atoms with van der Waals surface area (Å²) in [6.45, 7) is 5.54. The van der Waals surface area contributed by atoms with Crippen LogP contribution in [-0.2, 0) is 26.6 Å². The van der Waals surface area contributed by atoms with Gasteiger partial charge >= 0.3 is 0 Å². The zero-order valence-corrected chi connectivity index (χ0v) is 12.4. The molecular formula is C12H17ClN4S. The molecular weight excluding hydrogens is 268 g/mol. The van der Waals surface area contributed by atoms with E-state index in [1.165, 1.54) is 0 Å². The van der Waals surface area contributed by atoms with Crippen molar-refractivity contribution in [3.63, 3.8) is 0 Å². The number of nitrogens with one attached hydrogen (secondary N) is 1. The standard InChI is InChI=1S/C12H17ClN4S/c1-4-9-12(13)10(17(3)16-9)5-14-6-11-15-8(2)7-18-11/h7,14H,4-6H2,1-3H3. The zero-order valence-electron chi connectivity index (χ0n) is 10.8. The largest absolute Gasteiger partial charge is 0.305 e. The Kier molecular flexibility index (Phi) is 4.37. The smallest absolute Gasteiger partial charge is 0.107 e. The normalized spacial score (nSPS) is 11.1. The highest BCUT2D eigenvalue weighted by molar-refractivity contribution is 7.09. The van der Waals surface area contributed by atoms with Gasteiger partial charge in [-0.15, -0.1) is 11.3 Å². The van der Waals surface area contributed by atoms with Gasteiger partial charge in [0, 0.05) is 31.2 Å². The first kappa shape index (κ1) is 13.5. The van der Waals surface area contributed by atoms with Crippen LogP contribution in [0, 0.1) is 6.92 Å². The molecule has 0 amide bonds. The van der Waals surface area contributed by atoms with Crippen molar-refractivity contribution in [2.75, 3.05) is 0 Å². The van der Waals surface area contributed by atoms with Crippen LogP contribution < -0.4 is 5.32 Å². The lowest BCUT2D eigenvalue weighted by Crippen LogP contribution is -2.15. The molecule has 0 aromatic carbocycles. The summed E-state index contributed by atoms with van der Waals surface area (Å²) in [5, 5.41) is 11.7. The van der Waals surface area contributed by atoms with E-state index in [0.717, 1.165) is 40.1 Å². The Bertz CT molecular complexity index is 532. The number of hydrogen-bond acceptors (Lipinski definition) is 4. The van der Waals surface area contributed by atoms with Gasteiger partial charge in [0.05, 0.1) is 16.4 Å². The van der Waals surface area contributed by atoms with Gasteiger partial charge in [-0.2, -0.15) is 5.10 Å². The first-order valence-electron chi connectivity index (χ1n) is 5.93. The van der Waals surface area contributed by atoms with Gasteiger partial charge in [0.15, 0.2) is 0 Å². The molecule has 0 radical (unpaired) electrons. The van der Waals surface area contributed by atoms with Crippen molar-refractivity contribution in [2.45, 2.75) is 33.4 Å². The van der Waals surface area contributed by atoms with Crippen LogP contribution in [0.5, 0.6) is 0 Å². The summed E-state index contributed by atoms with van der Waals surface area (Å²) in [5.41, 5.74) is 3.06. The van der Waals surface area contributed by atoms with Gasteiger partial charge in [0.1, 0.15) is 5.01 Å². The summed E-state index contributed by atoms with van der Waals surface area (Å²) >= 11 is 7.95. The lowest BCUT2D eigenvalue weighted by atomic mass is 10.3. The van der Waals surface area contributed by atoms with E-state index in [0.29, 0.717) is 6.54 Å². The average Bonchev–Trinajstić information content (AvgIpc) is 2.86. The summed E-state index contributed by atoms with van der Waals surface area (Å²) in [6.07, 6.45) is 0.859. The fourth-order valence-electron chi connectivity index (χ4n) is 1.78. The molecule has 6 heteroatoms. The molecule has 4 nitrogen and oxygen atoms in total. The van der Waals surface area contributed by atoms with Gasteiger partial charge < -0.3 is 5.32 Å². The van der Waals surface area contributed by atoms with Crippen molar-refractivity contribution in [3.05, 3.63) is 32.5 Å². The molecule has 0 spiro atoms. The Hall–Kier alpha value is -0.910. The summed E-state index contributed by atoms with van der Waals surface area (Å²) in [5.74, 6) is 0. The van der Waals surface area contributed by atoms with E-state index < -0.39 is 0 Å². The Morgan fingerprint density at radius 3 is 2.78 bits per heavy atom.